The Morgan fingerprint density at radius 2 is 2.05 bits per heavy atom. The Morgan fingerprint density at radius 3 is 2.63 bits per heavy atom. The van der Waals surface area contributed by atoms with Gasteiger partial charge < -0.3 is 10.5 Å². The number of hydrogen-bond acceptors (Lipinski definition) is 2. The lowest BCUT2D eigenvalue weighted by atomic mass is 10.0. The van der Waals surface area contributed by atoms with Crippen molar-refractivity contribution in [1.29, 1.82) is 0 Å². The Hall–Kier alpha value is -0.930. The number of nitrogens with two attached hydrogens (primary N) is 1. The van der Waals surface area contributed by atoms with Crippen molar-refractivity contribution in [1.82, 2.24) is 0 Å². The summed E-state index contributed by atoms with van der Waals surface area (Å²) in [5.41, 5.74) is 6.93. The van der Waals surface area contributed by atoms with E-state index in [0.717, 1.165) is 24.8 Å². The van der Waals surface area contributed by atoms with Gasteiger partial charge in [0.1, 0.15) is 5.82 Å². The Bertz CT molecular complexity index is 368. The molecule has 108 valence electrons. The summed E-state index contributed by atoms with van der Waals surface area (Å²) in [4.78, 5) is 0. The third kappa shape index (κ3) is 5.70. The maximum Gasteiger partial charge on any atom is 0.123 e. The molecule has 19 heavy (non-hydrogen) atoms. The van der Waals surface area contributed by atoms with Gasteiger partial charge in [0, 0.05) is 12.6 Å². The second-order valence-corrected chi connectivity index (χ2v) is 5.45. The average molecular weight is 267 g/mol. The molecule has 3 heteroatoms. The molecule has 0 saturated carbocycles. The topological polar surface area (TPSA) is 35.2 Å². The van der Waals surface area contributed by atoms with Gasteiger partial charge in [-0.2, -0.15) is 0 Å². The molecule has 0 aliphatic rings. The molecule has 2 unspecified atom stereocenters. The first-order chi connectivity index (χ1) is 9.04. The SMILES string of the molecule is CCC(N)C(OCCCC(C)C)c1cccc(F)c1. The summed E-state index contributed by atoms with van der Waals surface area (Å²) >= 11 is 0. The molecule has 0 amide bonds. The third-order valence-electron chi connectivity index (χ3n) is 3.26. The molecule has 1 aromatic carbocycles. The number of rotatable bonds is 8. The van der Waals surface area contributed by atoms with Crippen LogP contribution in [0.2, 0.25) is 0 Å². The van der Waals surface area contributed by atoms with Crippen LogP contribution in [0.3, 0.4) is 0 Å². The van der Waals surface area contributed by atoms with Gasteiger partial charge in [-0.3, -0.25) is 0 Å². The zero-order chi connectivity index (χ0) is 14.3. The lowest BCUT2D eigenvalue weighted by Crippen LogP contribution is -2.30. The van der Waals surface area contributed by atoms with E-state index in [1.165, 1.54) is 12.1 Å². The zero-order valence-corrected chi connectivity index (χ0v) is 12.2. The van der Waals surface area contributed by atoms with E-state index in [1.54, 1.807) is 6.07 Å². The van der Waals surface area contributed by atoms with Crippen molar-refractivity contribution in [2.75, 3.05) is 6.61 Å². The Balaban J connectivity index is 2.62. The smallest absolute Gasteiger partial charge is 0.123 e. The lowest BCUT2D eigenvalue weighted by molar-refractivity contribution is 0.0299. The van der Waals surface area contributed by atoms with Crippen LogP contribution in [0, 0.1) is 11.7 Å². The second kappa shape index (κ2) is 8.28. The van der Waals surface area contributed by atoms with Crippen molar-refractivity contribution in [2.24, 2.45) is 11.7 Å². The fraction of sp³-hybridized carbons (Fsp3) is 0.625. The van der Waals surface area contributed by atoms with Crippen molar-refractivity contribution >= 4 is 0 Å². The van der Waals surface area contributed by atoms with Crippen molar-refractivity contribution in [3.63, 3.8) is 0 Å². The average Bonchev–Trinajstić information content (AvgIpc) is 2.37. The van der Waals surface area contributed by atoms with Gasteiger partial charge in [-0.25, -0.2) is 4.39 Å². The van der Waals surface area contributed by atoms with Gasteiger partial charge in [-0.1, -0.05) is 32.9 Å². The minimum atomic E-state index is -0.239. The molecule has 0 spiro atoms. The summed E-state index contributed by atoms with van der Waals surface area (Å²) in [5.74, 6) is 0.438. The summed E-state index contributed by atoms with van der Waals surface area (Å²) < 4.78 is 19.2. The van der Waals surface area contributed by atoms with E-state index in [9.17, 15) is 4.39 Å². The highest BCUT2D eigenvalue weighted by Crippen LogP contribution is 2.23. The van der Waals surface area contributed by atoms with E-state index in [2.05, 4.69) is 13.8 Å². The van der Waals surface area contributed by atoms with Gasteiger partial charge in [0.05, 0.1) is 6.10 Å². The molecule has 2 nitrogen and oxygen atoms in total. The molecule has 0 bridgehead atoms. The highest BCUT2D eigenvalue weighted by molar-refractivity contribution is 5.20. The normalized spacial score (nSPS) is 14.6. The standard InChI is InChI=1S/C16H26FNO/c1-4-15(18)16(19-10-6-7-12(2)3)13-8-5-9-14(17)11-13/h5,8-9,11-12,15-16H,4,6-7,10,18H2,1-3H3. The zero-order valence-electron chi connectivity index (χ0n) is 12.2. The van der Waals surface area contributed by atoms with Gasteiger partial charge in [0.25, 0.3) is 0 Å². The maximum atomic E-state index is 13.3. The van der Waals surface area contributed by atoms with Crippen molar-refractivity contribution in [2.45, 2.75) is 52.2 Å². The summed E-state index contributed by atoms with van der Waals surface area (Å²) in [7, 11) is 0. The van der Waals surface area contributed by atoms with Crippen LogP contribution in [0.15, 0.2) is 24.3 Å². The Labute approximate surface area is 116 Å². The molecule has 0 radical (unpaired) electrons. The Morgan fingerprint density at radius 1 is 1.32 bits per heavy atom. The van der Waals surface area contributed by atoms with E-state index in [-0.39, 0.29) is 18.0 Å². The molecule has 1 rings (SSSR count). The molecule has 0 aliphatic heterocycles. The van der Waals surface area contributed by atoms with Crippen LogP contribution in [0.4, 0.5) is 4.39 Å². The predicted molar refractivity (Wildman–Crippen MR) is 77.4 cm³/mol. The van der Waals surface area contributed by atoms with Crippen LogP contribution in [-0.4, -0.2) is 12.6 Å². The van der Waals surface area contributed by atoms with Gasteiger partial charge >= 0.3 is 0 Å². The highest BCUT2D eigenvalue weighted by atomic mass is 19.1. The van der Waals surface area contributed by atoms with Crippen LogP contribution >= 0.6 is 0 Å². The molecular formula is C16H26FNO. The summed E-state index contributed by atoms with van der Waals surface area (Å²) in [5, 5.41) is 0. The van der Waals surface area contributed by atoms with Gasteiger partial charge in [0.15, 0.2) is 0 Å². The fourth-order valence-electron chi connectivity index (χ4n) is 2.07. The van der Waals surface area contributed by atoms with Crippen molar-refractivity contribution < 1.29 is 9.13 Å². The monoisotopic (exact) mass is 267 g/mol. The first kappa shape index (κ1) is 16.1. The summed E-state index contributed by atoms with van der Waals surface area (Å²) in [6, 6.07) is 6.45. The van der Waals surface area contributed by atoms with E-state index in [4.69, 9.17) is 10.5 Å². The van der Waals surface area contributed by atoms with Gasteiger partial charge in [-0.05, 0) is 42.9 Å². The minimum Gasteiger partial charge on any atom is -0.372 e. The molecule has 0 heterocycles. The predicted octanol–water partition coefficient (Wildman–Crippen LogP) is 4.06. The molecule has 2 N–H and O–H groups in total. The van der Waals surface area contributed by atoms with E-state index in [1.807, 2.05) is 13.0 Å². The van der Waals surface area contributed by atoms with Gasteiger partial charge in [0.2, 0.25) is 0 Å². The number of ether oxygens (including phenoxy) is 1. The molecule has 1 aromatic rings. The second-order valence-electron chi connectivity index (χ2n) is 5.45. The highest BCUT2D eigenvalue weighted by Gasteiger charge is 2.19. The van der Waals surface area contributed by atoms with Crippen molar-refractivity contribution in [3.05, 3.63) is 35.6 Å². The Kier molecular flexibility index (Phi) is 7.03. The van der Waals surface area contributed by atoms with Crippen LogP contribution < -0.4 is 5.73 Å². The number of benzene rings is 1. The van der Waals surface area contributed by atoms with Crippen LogP contribution in [0.1, 0.15) is 51.7 Å². The fourth-order valence-corrected chi connectivity index (χ4v) is 2.07. The van der Waals surface area contributed by atoms with E-state index >= 15 is 0 Å². The summed E-state index contributed by atoms with van der Waals surface area (Å²) in [6.07, 6.45) is 2.75. The molecule has 0 saturated heterocycles. The minimum absolute atomic E-state index is 0.0964. The third-order valence-corrected chi connectivity index (χ3v) is 3.26. The number of hydrogen-bond donors (Lipinski definition) is 1. The largest absolute Gasteiger partial charge is 0.372 e. The number of halogens is 1. The molecule has 0 fully saturated rings. The summed E-state index contributed by atoms with van der Waals surface area (Å²) in [6.45, 7) is 7.09. The first-order valence-electron chi connectivity index (χ1n) is 7.17. The molecule has 0 aromatic heterocycles. The molecular weight excluding hydrogens is 241 g/mol. The quantitative estimate of drug-likeness (QED) is 0.721. The molecule has 0 aliphatic carbocycles. The van der Waals surface area contributed by atoms with Crippen molar-refractivity contribution in [3.8, 4) is 0 Å². The van der Waals surface area contributed by atoms with Crippen LogP contribution in [0.5, 0.6) is 0 Å². The molecule has 2 atom stereocenters. The van der Waals surface area contributed by atoms with Crippen LogP contribution in [-0.2, 0) is 4.74 Å². The van der Waals surface area contributed by atoms with E-state index < -0.39 is 0 Å². The van der Waals surface area contributed by atoms with Gasteiger partial charge in [-0.15, -0.1) is 0 Å². The lowest BCUT2D eigenvalue weighted by Gasteiger charge is -2.24. The van der Waals surface area contributed by atoms with E-state index in [0.29, 0.717) is 12.5 Å². The first-order valence-corrected chi connectivity index (χ1v) is 7.17. The maximum absolute atomic E-state index is 13.3. The van der Waals surface area contributed by atoms with Crippen LogP contribution in [0.25, 0.3) is 0 Å².